The third-order valence-electron chi connectivity index (χ3n) is 2.97. The van der Waals surface area contributed by atoms with Crippen molar-refractivity contribution in [2.24, 2.45) is 5.92 Å². The molecular weight excluding hydrogens is 226 g/mol. The highest BCUT2D eigenvalue weighted by Gasteiger charge is 2.20. The first-order valence-electron chi connectivity index (χ1n) is 6.27. The van der Waals surface area contributed by atoms with Crippen molar-refractivity contribution in [3.63, 3.8) is 0 Å². The zero-order valence-corrected chi connectivity index (χ0v) is 10.3. The topological polar surface area (TPSA) is 49.3 Å². The van der Waals surface area contributed by atoms with Crippen LogP contribution in [-0.4, -0.2) is 24.2 Å². The van der Waals surface area contributed by atoms with E-state index < -0.39 is 0 Å². The van der Waals surface area contributed by atoms with Crippen molar-refractivity contribution in [3.05, 3.63) is 35.4 Å². The second-order valence-electron chi connectivity index (χ2n) is 4.53. The number of nitrogens with one attached hydrogen (secondary N) is 1. The first kappa shape index (κ1) is 12.7. The summed E-state index contributed by atoms with van der Waals surface area (Å²) in [5.41, 5.74) is 1.37. The molecule has 1 aliphatic rings. The van der Waals surface area contributed by atoms with E-state index in [1.54, 1.807) is 18.2 Å². The number of aliphatic hydroxyl groups is 1. The van der Waals surface area contributed by atoms with E-state index in [0.717, 1.165) is 24.4 Å². The molecule has 0 bridgehead atoms. The fourth-order valence-electron chi connectivity index (χ4n) is 1.78. The first-order chi connectivity index (χ1) is 8.79. The maximum Gasteiger partial charge on any atom is 0.251 e. The molecule has 1 aliphatic carbocycles. The van der Waals surface area contributed by atoms with E-state index >= 15 is 0 Å². The van der Waals surface area contributed by atoms with E-state index in [0.29, 0.717) is 5.56 Å². The van der Waals surface area contributed by atoms with Crippen molar-refractivity contribution in [2.75, 3.05) is 13.2 Å². The van der Waals surface area contributed by atoms with Gasteiger partial charge < -0.3 is 10.4 Å². The zero-order chi connectivity index (χ0) is 12.8. The molecule has 1 aromatic carbocycles. The maximum atomic E-state index is 11.9. The Balaban J connectivity index is 1.91. The summed E-state index contributed by atoms with van der Waals surface area (Å²) in [4.78, 5) is 11.9. The standard InChI is InChI=1S/C15H17NO2/c17-10-2-4-13-3-1-5-14(11-13)15(18)16-9-8-12-6-7-12/h1,3,5,11-12,17H,6-10H2,(H,16,18). The van der Waals surface area contributed by atoms with Crippen LogP contribution in [-0.2, 0) is 0 Å². The van der Waals surface area contributed by atoms with Gasteiger partial charge in [-0.2, -0.15) is 0 Å². The summed E-state index contributed by atoms with van der Waals surface area (Å²) in [6.45, 7) is 0.577. The monoisotopic (exact) mass is 243 g/mol. The molecule has 2 N–H and O–H groups in total. The number of carbonyl (C=O) groups excluding carboxylic acids is 1. The molecular formula is C15H17NO2. The van der Waals surface area contributed by atoms with Crippen molar-refractivity contribution in [3.8, 4) is 11.8 Å². The zero-order valence-electron chi connectivity index (χ0n) is 10.3. The highest BCUT2D eigenvalue weighted by molar-refractivity contribution is 5.94. The minimum atomic E-state index is -0.169. The van der Waals surface area contributed by atoms with Gasteiger partial charge in [-0.1, -0.05) is 30.7 Å². The smallest absolute Gasteiger partial charge is 0.251 e. The Morgan fingerprint density at radius 2 is 2.28 bits per heavy atom. The van der Waals surface area contributed by atoms with Crippen LogP contribution < -0.4 is 5.32 Å². The molecule has 0 saturated heterocycles. The van der Waals surface area contributed by atoms with E-state index in [1.807, 2.05) is 6.07 Å². The molecule has 1 amide bonds. The molecule has 2 rings (SSSR count). The van der Waals surface area contributed by atoms with Gasteiger partial charge in [0.05, 0.1) is 0 Å². The van der Waals surface area contributed by atoms with Crippen LogP contribution in [0.15, 0.2) is 24.3 Å². The number of benzene rings is 1. The molecule has 1 aromatic rings. The molecule has 0 aromatic heterocycles. The van der Waals surface area contributed by atoms with Crippen LogP contribution in [0.1, 0.15) is 35.2 Å². The Kier molecular flexibility index (Phi) is 4.38. The van der Waals surface area contributed by atoms with Crippen molar-refractivity contribution in [2.45, 2.75) is 19.3 Å². The number of aliphatic hydroxyl groups excluding tert-OH is 1. The average molecular weight is 243 g/mol. The molecule has 0 spiro atoms. The van der Waals surface area contributed by atoms with Crippen LogP contribution in [0.4, 0.5) is 0 Å². The van der Waals surface area contributed by atoms with Crippen molar-refractivity contribution >= 4 is 5.91 Å². The second-order valence-corrected chi connectivity index (χ2v) is 4.53. The molecule has 1 fully saturated rings. The third-order valence-corrected chi connectivity index (χ3v) is 2.97. The molecule has 0 radical (unpaired) electrons. The maximum absolute atomic E-state index is 11.9. The van der Waals surface area contributed by atoms with E-state index in [4.69, 9.17) is 5.11 Å². The minimum absolute atomic E-state index is 0.0525. The van der Waals surface area contributed by atoms with Crippen LogP contribution in [0.2, 0.25) is 0 Å². The Labute approximate surface area is 107 Å². The van der Waals surface area contributed by atoms with Crippen molar-refractivity contribution in [1.82, 2.24) is 5.32 Å². The van der Waals surface area contributed by atoms with Gasteiger partial charge >= 0.3 is 0 Å². The molecule has 0 unspecified atom stereocenters. The van der Waals surface area contributed by atoms with E-state index in [1.165, 1.54) is 12.8 Å². The number of rotatable bonds is 4. The Morgan fingerprint density at radius 3 is 3.00 bits per heavy atom. The van der Waals surface area contributed by atoms with Gasteiger partial charge in [0.2, 0.25) is 0 Å². The Hall–Kier alpha value is -1.79. The quantitative estimate of drug-likeness (QED) is 0.788. The molecule has 3 heteroatoms. The average Bonchev–Trinajstić information content (AvgIpc) is 3.20. The van der Waals surface area contributed by atoms with Crippen LogP contribution >= 0.6 is 0 Å². The number of amides is 1. The van der Waals surface area contributed by atoms with Gasteiger partial charge in [-0.25, -0.2) is 0 Å². The molecule has 0 aliphatic heterocycles. The Morgan fingerprint density at radius 1 is 1.44 bits per heavy atom. The summed E-state index contributed by atoms with van der Waals surface area (Å²) < 4.78 is 0. The van der Waals surface area contributed by atoms with Crippen molar-refractivity contribution < 1.29 is 9.90 Å². The predicted octanol–water partition coefficient (Wildman–Crippen LogP) is 1.56. The highest BCUT2D eigenvalue weighted by atomic mass is 16.2. The van der Waals surface area contributed by atoms with Gasteiger partial charge in [0.25, 0.3) is 5.91 Å². The highest BCUT2D eigenvalue weighted by Crippen LogP contribution is 2.31. The van der Waals surface area contributed by atoms with Gasteiger partial charge in [0, 0.05) is 17.7 Å². The fourth-order valence-corrected chi connectivity index (χ4v) is 1.78. The lowest BCUT2D eigenvalue weighted by Gasteiger charge is -2.04. The number of hydrogen-bond donors (Lipinski definition) is 2. The van der Waals surface area contributed by atoms with Gasteiger partial charge in [0.1, 0.15) is 6.61 Å². The van der Waals surface area contributed by atoms with Crippen molar-refractivity contribution in [1.29, 1.82) is 0 Å². The molecule has 94 valence electrons. The summed E-state index contributed by atoms with van der Waals surface area (Å²) in [5, 5.41) is 11.5. The summed E-state index contributed by atoms with van der Waals surface area (Å²) in [6, 6.07) is 7.15. The lowest BCUT2D eigenvalue weighted by Crippen LogP contribution is -2.24. The second kappa shape index (κ2) is 6.23. The van der Waals surface area contributed by atoms with Crippen LogP contribution in [0.3, 0.4) is 0 Å². The SMILES string of the molecule is O=C(NCCC1CC1)c1cccc(C#CCO)c1. The first-order valence-corrected chi connectivity index (χ1v) is 6.27. The van der Waals surface area contributed by atoms with Gasteiger partial charge in [-0.3, -0.25) is 4.79 Å². The largest absolute Gasteiger partial charge is 0.384 e. The summed E-state index contributed by atoms with van der Waals surface area (Å²) in [5.74, 6) is 6.14. The lowest BCUT2D eigenvalue weighted by molar-refractivity contribution is 0.0952. The molecule has 0 heterocycles. The van der Waals surface area contributed by atoms with E-state index in [9.17, 15) is 4.79 Å². The van der Waals surface area contributed by atoms with Gasteiger partial charge in [-0.05, 0) is 30.5 Å². The summed E-state index contributed by atoms with van der Waals surface area (Å²) >= 11 is 0. The van der Waals surface area contributed by atoms with E-state index in [-0.39, 0.29) is 12.5 Å². The number of carbonyl (C=O) groups is 1. The molecule has 0 atom stereocenters. The molecule has 18 heavy (non-hydrogen) atoms. The lowest BCUT2D eigenvalue weighted by atomic mass is 10.1. The third kappa shape index (κ3) is 3.90. The fraction of sp³-hybridized carbons (Fsp3) is 0.400. The Bertz CT molecular complexity index is 481. The molecule has 3 nitrogen and oxygen atoms in total. The van der Waals surface area contributed by atoms with E-state index in [2.05, 4.69) is 17.2 Å². The number of hydrogen-bond acceptors (Lipinski definition) is 2. The normalized spacial score (nSPS) is 13.6. The minimum Gasteiger partial charge on any atom is -0.384 e. The van der Waals surface area contributed by atoms with Crippen LogP contribution in [0.25, 0.3) is 0 Å². The summed E-state index contributed by atoms with van der Waals surface area (Å²) in [7, 11) is 0. The van der Waals surface area contributed by atoms with Gasteiger partial charge in [0.15, 0.2) is 0 Å². The molecule has 1 saturated carbocycles. The van der Waals surface area contributed by atoms with Gasteiger partial charge in [-0.15, -0.1) is 0 Å². The van der Waals surface area contributed by atoms with Crippen LogP contribution in [0, 0.1) is 17.8 Å². The van der Waals surface area contributed by atoms with Crippen LogP contribution in [0.5, 0.6) is 0 Å². The predicted molar refractivity (Wildman–Crippen MR) is 70.1 cm³/mol. The summed E-state index contributed by atoms with van der Waals surface area (Å²) in [6.07, 6.45) is 3.69.